The van der Waals surface area contributed by atoms with Gasteiger partial charge in [0.15, 0.2) is 0 Å². The number of hydrogen-bond donors (Lipinski definition) is 1. The van der Waals surface area contributed by atoms with E-state index in [1.54, 1.807) is 22.4 Å². The number of rotatable bonds is 5. The summed E-state index contributed by atoms with van der Waals surface area (Å²) in [6.07, 6.45) is 1.38. The molecule has 32 heavy (non-hydrogen) atoms. The predicted octanol–water partition coefficient (Wildman–Crippen LogP) is 5.54. The third-order valence-electron chi connectivity index (χ3n) is 5.43. The topological polar surface area (TPSA) is 62.3 Å². The molecule has 0 spiro atoms. The molecule has 1 N–H and O–H groups in total. The van der Waals surface area contributed by atoms with Crippen molar-refractivity contribution in [1.82, 2.24) is 15.2 Å². The number of carbonyl (C=O) groups is 2. The van der Waals surface area contributed by atoms with Crippen LogP contribution in [-0.2, 0) is 6.54 Å². The van der Waals surface area contributed by atoms with E-state index in [0.717, 1.165) is 10.6 Å². The molecule has 1 aliphatic heterocycles. The van der Waals surface area contributed by atoms with E-state index < -0.39 is 11.7 Å². The Hall–Kier alpha value is -2.48. The summed E-state index contributed by atoms with van der Waals surface area (Å²) in [5.41, 5.74) is 1.25. The lowest BCUT2D eigenvalue weighted by Crippen LogP contribution is -2.38. The quantitative estimate of drug-likeness (QED) is 0.509. The highest BCUT2D eigenvalue weighted by Gasteiger charge is 2.29. The fourth-order valence-corrected chi connectivity index (χ4v) is 4.99. The lowest BCUT2D eigenvalue weighted by molar-refractivity contribution is 0.0708. The molecule has 0 unspecified atom stereocenters. The van der Waals surface area contributed by atoms with Crippen molar-refractivity contribution in [3.63, 3.8) is 0 Å². The number of aromatic nitrogens is 1. The Bertz CT molecular complexity index is 1110. The Labute approximate surface area is 199 Å². The summed E-state index contributed by atoms with van der Waals surface area (Å²) in [7, 11) is 0. The van der Waals surface area contributed by atoms with E-state index in [1.165, 1.54) is 29.5 Å². The third kappa shape index (κ3) is 5.11. The maximum Gasteiger partial charge on any atom is 0.271 e. The molecule has 1 aromatic heterocycles. The first-order valence-electron chi connectivity index (χ1n) is 10.1. The van der Waals surface area contributed by atoms with Crippen LogP contribution in [0.1, 0.15) is 50.2 Å². The number of hydrogen-bond acceptors (Lipinski definition) is 4. The second-order valence-corrected chi connectivity index (χ2v) is 9.28. The highest BCUT2D eigenvalue weighted by Crippen LogP contribution is 2.32. The monoisotopic (exact) mass is 491 g/mol. The average molecular weight is 492 g/mol. The summed E-state index contributed by atoms with van der Waals surface area (Å²) in [5, 5.41) is 6.25. The van der Waals surface area contributed by atoms with Gasteiger partial charge in [0.25, 0.3) is 11.8 Å². The van der Waals surface area contributed by atoms with Gasteiger partial charge in [-0.2, -0.15) is 0 Å². The number of thiazole rings is 1. The van der Waals surface area contributed by atoms with E-state index >= 15 is 0 Å². The molecule has 0 atom stereocenters. The van der Waals surface area contributed by atoms with Gasteiger partial charge in [-0.3, -0.25) is 9.59 Å². The number of nitrogens with one attached hydrogen (secondary N) is 1. The van der Waals surface area contributed by atoms with E-state index in [0.29, 0.717) is 43.2 Å². The molecule has 1 aliphatic rings. The zero-order chi connectivity index (χ0) is 22.7. The first-order valence-corrected chi connectivity index (χ1v) is 11.8. The van der Waals surface area contributed by atoms with Crippen LogP contribution in [0.5, 0.6) is 0 Å². The van der Waals surface area contributed by atoms with Gasteiger partial charge in [0, 0.05) is 36.0 Å². The lowest BCUT2D eigenvalue weighted by atomic mass is 9.97. The molecule has 0 radical (unpaired) electrons. The Kier molecular flexibility index (Phi) is 7.08. The fraction of sp³-hybridized carbons (Fsp3) is 0.261. The first kappa shape index (κ1) is 22.7. The molecule has 5 nitrogen and oxygen atoms in total. The van der Waals surface area contributed by atoms with Crippen LogP contribution in [0.4, 0.5) is 4.39 Å². The number of benzene rings is 2. The van der Waals surface area contributed by atoms with Crippen molar-refractivity contribution < 1.29 is 14.0 Å². The van der Waals surface area contributed by atoms with Gasteiger partial charge < -0.3 is 10.2 Å². The standard InChI is InChI=1S/C23H20Cl2FN3O2S/c24-16-6-4-14(5-7-16)12-27-21(30)19-13-32-22(28-19)15-8-10-29(11-9-15)23(31)20-17(25)2-1-3-18(20)26/h1-7,13,15H,8-12H2,(H,27,30). The largest absolute Gasteiger partial charge is 0.347 e. The van der Waals surface area contributed by atoms with Gasteiger partial charge in [-0.25, -0.2) is 9.37 Å². The van der Waals surface area contributed by atoms with Crippen LogP contribution in [0, 0.1) is 5.82 Å². The third-order valence-corrected chi connectivity index (χ3v) is 7.00. The molecule has 4 rings (SSSR count). The second-order valence-electron chi connectivity index (χ2n) is 7.54. The molecule has 3 aromatic rings. The van der Waals surface area contributed by atoms with Gasteiger partial charge in [0.1, 0.15) is 11.5 Å². The van der Waals surface area contributed by atoms with Crippen molar-refractivity contribution in [2.75, 3.05) is 13.1 Å². The number of nitrogens with zero attached hydrogens (tertiary/aromatic N) is 2. The number of likely N-dealkylation sites (tertiary alicyclic amines) is 1. The molecule has 1 fully saturated rings. The molecule has 0 saturated carbocycles. The summed E-state index contributed by atoms with van der Waals surface area (Å²) in [6.45, 7) is 1.35. The van der Waals surface area contributed by atoms with Crippen LogP contribution in [0.2, 0.25) is 10.0 Å². The summed E-state index contributed by atoms with van der Waals surface area (Å²) in [4.78, 5) is 31.3. The maximum absolute atomic E-state index is 14.1. The lowest BCUT2D eigenvalue weighted by Gasteiger charge is -2.31. The molecule has 0 bridgehead atoms. The average Bonchev–Trinajstić information content (AvgIpc) is 3.29. The zero-order valence-electron chi connectivity index (χ0n) is 17.0. The van der Waals surface area contributed by atoms with Gasteiger partial charge in [0.05, 0.1) is 15.6 Å². The van der Waals surface area contributed by atoms with E-state index in [9.17, 15) is 14.0 Å². The smallest absolute Gasteiger partial charge is 0.271 e. The van der Waals surface area contributed by atoms with Crippen molar-refractivity contribution in [2.45, 2.75) is 25.3 Å². The van der Waals surface area contributed by atoms with Crippen LogP contribution in [0.15, 0.2) is 47.8 Å². The van der Waals surface area contributed by atoms with Gasteiger partial charge in [-0.05, 0) is 42.7 Å². The zero-order valence-corrected chi connectivity index (χ0v) is 19.3. The molecule has 1 saturated heterocycles. The normalized spacial score (nSPS) is 14.4. The van der Waals surface area contributed by atoms with Gasteiger partial charge >= 0.3 is 0 Å². The SMILES string of the molecule is O=C(NCc1ccc(Cl)cc1)c1csc(C2CCN(C(=O)c3c(F)cccc3Cl)CC2)n1. The van der Waals surface area contributed by atoms with Crippen molar-refractivity contribution in [3.8, 4) is 0 Å². The molecule has 0 aliphatic carbocycles. The molecule has 2 aromatic carbocycles. The molecular formula is C23H20Cl2FN3O2S. The molecule has 2 heterocycles. The highest BCUT2D eigenvalue weighted by atomic mass is 35.5. The Balaban J connectivity index is 1.33. The summed E-state index contributed by atoms with van der Waals surface area (Å²) in [6, 6.07) is 11.5. The van der Waals surface area contributed by atoms with Crippen LogP contribution < -0.4 is 5.32 Å². The first-order chi connectivity index (χ1) is 15.4. The number of carbonyl (C=O) groups excluding carboxylic acids is 2. The predicted molar refractivity (Wildman–Crippen MR) is 124 cm³/mol. The molecule has 2 amide bonds. The summed E-state index contributed by atoms with van der Waals surface area (Å²) < 4.78 is 14.1. The van der Waals surface area contributed by atoms with Crippen LogP contribution in [0.3, 0.4) is 0 Å². The van der Waals surface area contributed by atoms with Gasteiger partial charge in [0.2, 0.25) is 0 Å². The fourth-order valence-electron chi connectivity index (χ4n) is 3.64. The van der Waals surface area contributed by atoms with Crippen LogP contribution in [0.25, 0.3) is 0 Å². The Morgan fingerprint density at radius 1 is 1.12 bits per heavy atom. The van der Waals surface area contributed by atoms with Crippen LogP contribution >= 0.6 is 34.5 Å². The van der Waals surface area contributed by atoms with E-state index in [-0.39, 0.29) is 22.4 Å². The van der Waals surface area contributed by atoms with Crippen molar-refractivity contribution >= 4 is 46.4 Å². The highest BCUT2D eigenvalue weighted by molar-refractivity contribution is 7.09. The molecular weight excluding hydrogens is 472 g/mol. The maximum atomic E-state index is 14.1. The van der Waals surface area contributed by atoms with Crippen molar-refractivity contribution in [1.29, 1.82) is 0 Å². The minimum Gasteiger partial charge on any atom is -0.347 e. The summed E-state index contributed by atoms with van der Waals surface area (Å²) >= 11 is 13.4. The van der Waals surface area contributed by atoms with Gasteiger partial charge in [-0.1, -0.05) is 41.4 Å². The minimum atomic E-state index is -0.612. The summed E-state index contributed by atoms with van der Waals surface area (Å²) in [5.74, 6) is -1.09. The van der Waals surface area contributed by atoms with E-state index in [4.69, 9.17) is 23.2 Å². The Morgan fingerprint density at radius 3 is 2.53 bits per heavy atom. The van der Waals surface area contributed by atoms with Gasteiger partial charge in [-0.15, -0.1) is 11.3 Å². The molecule has 9 heteroatoms. The molecule has 166 valence electrons. The number of piperidine rings is 1. The van der Waals surface area contributed by atoms with Crippen molar-refractivity contribution in [2.24, 2.45) is 0 Å². The Morgan fingerprint density at radius 2 is 1.84 bits per heavy atom. The second kappa shape index (κ2) is 9.98. The number of amides is 2. The minimum absolute atomic E-state index is 0.0819. The van der Waals surface area contributed by atoms with E-state index in [2.05, 4.69) is 10.3 Å². The van der Waals surface area contributed by atoms with Crippen LogP contribution in [-0.4, -0.2) is 34.8 Å². The number of halogens is 3. The van der Waals surface area contributed by atoms with Crippen molar-refractivity contribution in [3.05, 3.63) is 85.5 Å². The van der Waals surface area contributed by atoms with E-state index in [1.807, 2.05) is 12.1 Å².